The van der Waals surface area contributed by atoms with Gasteiger partial charge in [-0.2, -0.15) is 0 Å². The van der Waals surface area contributed by atoms with E-state index in [1.54, 1.807) is 0 Å². The lowest BCUT2D eigenvalue weighted by atomic mass is 10.1. The van der Waals surface area contributed by atoms with Gasteiger partial charge in [0.2, 0.25) is 0 Å². The van der Waals surface area contributed by atoms with Crippen LogP contribution >= 0.6 is 0 Å². The van der Waals surface area contributed by atoms with E-state index in [-0.39, 0.29) is 17.9 Å². The number of aryl methyl sites for hydroxylation is 1. The molecule has 3 heterocycles. The third-order valence-electron chi connectivity index (χ3n) is 5.21. The van der Waals surface area contributed by atoms with Crippen LogP contribution in [0.25, 0.3) is 22.1 Å². The molecule has 0 fully saturated rings. The summed E-state index contributed by atoms with van der Waals surface area (Å²) in [6, 6.07) is 16.7. The number of hydrogen-bond donors (Lipinski definition) is 3. The average Bonchev–Trinajstić information content (AvgIpc) is 3.17. The van der Waals surface area contributed by atoms with Crippen molar-refractivity contribution in [3.8, 4) is 0 Å². The second-order valence-corrected chi connectivity index (χ2v) is 7.42. The molecule has 0 radical (unpaired) electrons. The fourth-order valence-corrected chi connectivity index (χ4v) is 3.65. The van der Waals surface area contributed by atoms with Gasteiger partial charge in [0.15, 0.2) is 5.65 Å². The Bertz CT molecular complexity index is 1540. The first kappa shape index (κ1) is 19.6. The van der Waals surface area contributed by atoms with Crippen molar-refractivity contribution in [3.63, 3.8) is 0 Å². The van der Waals surface area contributed by atoms with E-state index in [1.807, 2.05) is 55.5 Å². The van der Waals surface area contributed by atoms with E-state index in [9.17, 15) is 9.59 Å². The van der Waals surface area contributed by atoms with E-state index < -0.39 is 0 Å². The maximum atomic E-state index is 12.9. The van der Waals surface area contributed by atoms with E-state index in [2.05, 4.69) is 25.3 Å². The summed E-state index contributed by atoms with van der Waals surface area (Å²) >= 11 is 0. The molecule has 0 bridgehead atoms. The normalized spacial score (nSPS) is 11.2. The number of rotatable bonds is 6. The summed E-state index contributed by atoms with van der Waals surface area (Å²) in [4.78, 5) is 44.2. The van der Waals surface area contributed by atoms with Gasteiger partial charge in [0.1, 0.15) is 12.9 Å². The van der Waals surface area contributed by atoms with Gasteiger partial charge >= 0.3 is 5.69 Å². The number of imidazole rings is 1. The molecule has 0 saturated carbocycles. The van der Waals surface area contributed by atoms with Gasteiger partial charge in [-0.15, -0.1) is 4.73 Å². The zero-order valence-electron chi connectivity index (χ0n) is 17.3. The third kappa shape index (κ3) is 3.71. The minimum absolute atomic E-state index is 0.237. The Labute approximate surface area is 181 Å². The molecule has 0 saturated heterocycles. The summed E-state index contributed by atoms with van der Waals surface area (Å²) in [5.74, 6) is 0. The number of nitrogens with zero attached hydrogens (tertiary/aromatic N) is 3. The van der Waals surface area contributed by atoms with Gasteiger partial charge in [-0.25, -0.2) is 14.8 Å². The van der Waals surface area contributed by atoms with Gasteiger partial charge in [0, 0.05) is 12.6 Å². The standard InChI is InChI=1S/C23H20N6O3/c1-14-21-19(24-11-16-7-8-17-18(9-16)28-23(31)27-17)10-20(30)29(22(21)26-13-25-14)32-12-15-5-3-2-4-6-15/h2-10,13,24H,11-12H2,1H3,(H2,27,28,31). The molecule has 0 spiro atoms. The van der Waals surface area contributed by atoms with Crippen LogP contribution in [0.2, 0.25) is 0 Å². The number of benzene rings is 2. The lowest BCUT2D eigenvalue weighted by Crippen LogP contribution is -2.28. The molecule has 32 heavy (non-hydrogen) atoms. The number of aromatic amines is 2. The zero-order chi connectivity index (χ0) is 22.1. The van der Waals surface area contributed by atoms with E-state index in [0.717, 1.165) is 27.9 Å². The molecular formula is C23H20N6O3. The lowest BCUT2D eigenvalue weighted by Gasteiger charge is -2.15. The van der Waals surface area contributed by atoms with Gasteiger partial charge < -0.3 is 20.1 Å². The molecule has 9 heteroatoms. The number of H-pyrrole nitrogens is 2. The smallest absolute Gasteiger partial charge is 0.323 e. The first-order valence-electron chi connectivity index (χ1n) is 10.1. The number of pyridine rings is 1. The molecular weight excluding hydrogens is 408 g/mol. The van der Waals surface area contributed by atoms with Gasteiger partial charge in [-0.3, -0.25) is 4.79 Å². The van der Waals surface area contributed by atoms with Crippen molar-refractivity contribution in [3.05, 3.63) is 98.6 Å². The molecule has 9 nitrogen and oxygen atoms in total. The Balaban J connectivity index is 1.47. The van der Waals surface area contributed by atoms with Crippen molar-refractivity contribution in [2.75, 3.05) is 5.32 Å². The zero-order valence-corrected chi connectivity index (χ0v) is 17.3. The van der Waals surface area contributed by atoms with Crippen LogP contribution in [-0.2, 0) is 13.2 Å². The molecule has 5 aromatic rings. The van der Waals surface area contributed by atoms with Gasteiger partial charge in [0.05, 0.1) is 27.8 Å². The highest BCUT2D eigenvalue weighted by Gasteiger charge is 2.14. The molecule has 3 aromatic heterocycles. The SMILES string of the molecule is Cc1ncnc2c1c(NCc1ccc3[nH]c(=O)[nH]c3c1)cc(=O)n2OCc1ccccc1. The van der Waals surface area contributed by atoms with Crippen molar-refractivity contribution in [1.29, 1.82) is 0 Å². The summed E-state index contributed by atoms with van der Waals surface area (Å²) < 4.78 is 1.21. The molecule has 2 aromatic carbocycles. The maximum Gasteiger partial charge on any atom is 0.323 e. The number of fused-ring (bicyclic) bond motifs is 2. The van der Waals surface area contributed by atoms with Crippen molar-refractivity contribution in [2.45, 2.75) is 20.1 Å². The van der Waals surface area contributed by atoms with E-state index in [4.69, 9.17) is 4.84 Å². The van der Waals surface area contributed by atoms with E-state index in [1.165, 1.54) is 17.1 Å². The van der Waals surface area contributed by atoms with Crippen LogP contribution in [0.15, 0.2) is 70.5 Å². The highest BCUT2D eigenvalue weighted by atomic mass is 16.7. The average molecular weight is 428 g/mol. The summed E-state index contributed by atoms with van der Waals surface area (Å²) in [6.07, 6.45) is 1.42. The van der Waals surface area contributed by atoms with Gasteiger partial charge in [-0.1, -0.05) is 36.4 Å². The maximum absolute atomic E-state index is 12.9. The van der Waals surface area contributed by atoms with Crippen LogP contribution in [0.3, 0.4) is 0 Å². The Hall–Kier alpha value is -4.40. The highest BCUT2D eigenvalue weighted by molar-refractivity contribution is 5.90. The van der Waals surface area contributed by atoms with Crippen LogP contribution < -0.4 is 21.4 Å². The minimum atomic E-state index is -0.334. The first-order valence-corrected chi connectivity index (χ1v) is 10.1. The second-order valence-electron chi connectivity index (χ2n) is 7.42. The van der Waals surface area contributed by atoms with Gasteiger partial charge in [0.25, 0.3) is 5.56 Å². The molecule has 0 aliphatic carbocycles. The van der Waals surface area contributed by atoms with Gasteiger partial charge in [-0.05, 0) is 30.2 Å². The fourth-order valence-electron chi connectivity index (χ4n) is 3.65. The molecule has 0 amide bonds. The Kier molecular flexibility index (Phi) is 4.91. The van der Waals surface area contributed by atoms with Crippen LogP contribution in [-0.4, -0.2) is 24.7 Å². The fraction of sp³-hybridized carbons (Fsp3) is 0.130. The van der Waals surface area contributed by atoms with E-state index >= 15 is 0 Å². The second kappa shape index (κ2) is 8.03. The Morgan fingerprint density at radius 2 is 1.78 bits per heavy atom. The molecule has 0 aliphatic heterocycles. The monoisotopic (exact) mass is 428 g/mol. The minimum Gasteiger partial charge on any atom is -0.404 e. The molecule has 0 atom stereocenters. The van der Waals surface area contributed by atoms with Crippen LogP contribution in [0.4, 0.5) is 5.69 Å². The summed E-state index contributed by atoms with van der Waals surface area (Å²) in [5.41, 5.74) is 4.51. The predicted molar refractivity (Wildman–Crippen MR) is 122 cm³/mol. The summed E-state index contributed by atoms with van der Waals surface area (Å²) in [7, 11) is 0. The lowest BCUT2D eigenvalue weighted by molar-refractivity contribution is 0.0979. The van der Waals surface area contributed by atoms with Crippen LogP contribution in [0.5, 0.6) is 0 Å². The molecule has 160 valence electrons. The number of nitrogens with one attached hydrogen (secondary N) is 3. The predicted octanol–water partition coefficient (Wildman–Crippen LogP) is 2.51. The summed E-state index contributed by atoms with van der Waals surface area (Å²) in [6.45, 7) is 2.54. The largest absolute Gasteiger partial charge is 0.404 e. The topological polar surface area (TPSA) is 118 Å². The van der Waals surface area contributed by atoms with Crippen molar-refractivity contribution in [2.24, 2.45) is 0 Å². The Morgan fingerprint density at radius 1 is 0.969 bits per heavy atom. The first-order chi connectivity index (χ1) is 15.6. The number of hydrogen-bond acceptors (Lipinski definition) is 6. The van der Waals surface area contributed by atoms with Crippen molar-refractivity contribution in [1.82, 2.24) is 24.7 Å². The number of anilines is 1. The van der Waals surface area contributed by atoms with Crippen LogP contribution in [0.1, 0.15) is 16.8 Å². The third-order valence-corrected chi connectivity index (χ3v) is 5.21. The summed E-state index contributed by atoms with van der Waals surface area (Å²) in [5, 5.41) is 4.01. The van der Waals surface area contributed by atoms with Crippen molar-refractivity contribution >= 4 is 27.8 Å². The van der Waals surface area contributed by atoms with Crippen LogP contribution in [0, 0.1) is 6.92 Å². The molecule has 0 unspecified atom stereocenters. The van der Waals surface area contributed by atoms with Crippen molar-refractivity contribution < 1.29 is 4.84 Å². The molecule has 3 N–H and O–H groups in total. The Morgan fingerprint density at radius 3 is 2.62 bits per heavy atom. The van der Waals surface area contributed by atoms with E-state index in [0.29, 0.717) is 23.3 Å². The molecule has 0 aliphatic rings. The quantitative estimate of drug-likeness (QED) is 0.383. The molecule has 5 rings (SSSR count). The highest BCUT2D eigenvalue weighted by Crippen LogP contribution is 2.23. The number of aromatic nitrogens is 5.